The lowest BCUT2D eigenvalue weighted by atomic mass is 10.1. The number of benzene rings is 1. The predicted molar refractivity (Wildman–Crippen MR) is 72.9 cm³/mol. The normalized spacial score (nSPS) is 11.4. The number of halogens is 3. The molecule has 0 aliphatic carbocycles. The highest BCUT2D eigenvalue weighted by Gasteiger charge is 2.32. The highest BCUT2D eigenvalue weighted by atomic mass is 19.4. The minimum atomic E-state index is -4.33. The molecule has 2 rings (SSSR count). The van der Waals surface area contributed by atoms with E-state index < -0.39 is 11.7 Å². The molecule has 0 fully saturated rings. The smallest absolute Gasteiger partial charge is 0.416 e. The molecular formula is C15H15F3N2O. The maximum Gasteiger partial charge on any atom is 0.416 e. The van der Waals surface area contributed by atoms with Crippen molar-refractivity contribution in [1.29, 1.82) is 0 Å². The Morgan fingerprint density at radius 1 is 1.05 bits per heavy atom. The Hall–Kier alpha value is -2.08. The second-order valence-corrected chi connectivity index (χ2v) is 4.35. The minimum absolute atomic E-state index is 0.140. The number of pyridine rings is 1. The van der Waals surface area contributed by atoms with Gasteiger partial charge in [0.05, 0.1) is 5.56 Å². The summed E-state index contributed by atoms with van der Waals surface area (Å²) in [4.78, 5) is 3.98. The molecule has 0 spiro atoms. The van der Waals surface area contributed by atoms with E-state index in [1.54, 1.807) is 30.5 Å². The number of nitrogens with one attached hydrogen (secondary N) is 1. The maximum absolute atomic E-state index is 12.8. The molecule has 1 N–H and O–H groups in total. The lowest BCUT2D eigenvalue weighted by Crippen LogP contribution is -2.22. The highest BCUT2D eigenvalue weighted by Crippen LogP contribution is 2.31. The van der Waals surface area contributed by atoms with E-state index >= 15 is 0 Å². The van der Waals surface area contributed by atoms with Crippen LogP contribution in [0.4, 0.5) is 13.2 Å². The molecule has 0 atom stereocenters. The molecule has 1 aromatic carbocycles. The second kappa shape index (κ2) is 7.08. The average molecular weight is 296 g/mol. The van der Waals surface area contributed by atoms with Gasteiger partial charge in [-0.25, -0.2) is 4.98 Å². The molecule has 1 heterocycles. The minimum Gasteiger partial charge on any atom is -0.476 e. The van der Waals surface area contributed by atoms with E-state index in [0.717, 1.165) is 6.07 Å². The molecule has 0 aliphatic heterocycles. The fourth-order valence-corrected chi connectivity index (χ4v) is 1.83. The first-order valence-electron chi connectivity index (χ1n) is 6.47. The van der Waals surface area contributed by atoms with Gasteiger partial charge in [-0.15, -0.1) is 0 Å². The zero-order valence-electron chi connectivity index (χ0n) is 11.2. The average Bonchev–Trinajstić information content (AvgIpc) is 2.47. The summed E-state index contributed by atoms with van der Waals surface area (Å²) in [5.74, 6) is 0.495. The van der Waals surface area contributed by atoms with Crippen molar-refractivity contribution in [3.8, 4) is 5.88 Å². The quantitative estimate of drug-likeness (QED) is 0.831. The third-order valence-electron chi connectivity index (χ3n) is 2.80. The number of nitrogens with zero attached hydrogens (tertiary/aromatic N) is 1. The SMILES string of the molecule is FC(F)(F)c1ccccc1CNCCOc1ccccn1. The fourth-order valence-electron chi connectivity index (χ4n) is 1.83. The third kappa shape index (κ3) is 4.75. The summed E-state index contributed by atoms with van der Waals surface area (Å²) in [6.07, 6.45) is -2.72. The molecule has 21 heavy (non-hydrogen) atoms. The van der Waals surface area contributed by atoms with Crippen LogP contribution < -0.4 is 10.1 Å². The number of hydrogen-bond donors (Lipinski definition) is 1. The Labute approximate surface area is 120 Å². The van der Waals surface area contributed by atoms with E-state index in [-0.39, 0.29) is 12.1 Å². The van der Waals surface area contributed by atoms with Crippen molar-refractivity contribution in [1.82, 2.24) is 10.3 Å². The van der Waals surface area contributed by atoms with Crippen molar-refractivity contribution < 1.29 is 17.9 Å². The molecule has 0 saturated carbocycles. The second-order valence-electron chi connectivity index (χ2n) is 4.35. The van der Waals surface area contributed by atoms with Crippen molar-refractivity contribution in [3.05, 3.63) is 59.8 Å². The van der Waals surface area contributed by atoms with Crippen LogP contribution in [0.3, 0.4) is 0 Å². The number of ether oxygens (including phenoxy) is 1. The van der Waals surface area contributed by atoms with E-state index in [1.807, 2.05) is 0 Å². The Morgan fingerprint density at radius 2 is 1.81 bits per heavy atom. The Morgan fingerprint density at radius 3 is 2.52 bits per heavy atom. The number of hydrogen-bond acceptors (Lipinski definition) is 3. The summed E-state index contributed by atoms with van der Waals surface area (Å²) in [5.41, 5.74) is -0.383. The molecule has 0 radical (unpaired) electrons. The van der Waals surface area contributed by atoms with Gasteiger partial charge < -0.3 is 10.1 Å². The summed E-state index contributed by atoms with van der Waals surface area (Å²) >= 11 is 0. The van der Waals surface area contributed by atoms with Gasteiger partial charge in [-0.05, 0) is 17.7 Å². The van der Waals surface area contributed by atoms with Gasteiger partial charge in [0.1, 0.15) is 6.61 Å². The molecule has 1 aromatic heterocycles. The summed E-state index contributed by atoms with van der Waals surface area (Å²) in [5, 5.41) is 2.93. The Bertz CT molecular complexity index is 558. The topological polar surface area (TPSA) is 34.1 Å². The number of rotatable bonds is 6. The predicted octanol–water partition coefficient (Wildman–Crippen LogP) is 3.27. The van der Waals surface area contributed by atoms with E-state index in [9.17, 15) is 13.2 Å². The van der Waals surface area contributed by atoms with Crippen LogP contribution in [0.15, 0.2) is 48.7 Å². The first-order chi connectivity index (χ1) is 10.1. The van der Waals surface area contributed by atoms with Crippen LogP contribution in [0.25, 0.3) is 0 Å². The van der Waals surface area contributed by atoms with Gasteiger partial charge >= 0.3 is 6.18 Å². The van der Waals surface area contributed by atoms with Crippen molar-refractivity contribution in [2.24, 2.45) is 0 Å². The standard InChI is InChI=1S/C15H15F3N2O/c16-15(17,18)13-6-2-1-5-12(13)11-19-9-10-21-14-7-3-4-8-20-14/h1-8,19H,9-11H2. The molecule has 3 nitrogen and oxygen atoms in total. The maximum atomic E-state index is 12.8. The molecule has 0 saturated heterocycles. The summed E-state index contributed by atoms with van der Waals surface area (Å²) in [6, 6.07) is 10.8. The van der Waals surface area contributed by atoms with Crippen molar-refractivity contribution in [3.63, 3.8) is 0 Å². The van der Waals surface area contributed by atoms with E-state index in [2.05, 4.69) is 10.3 Å². The fraction of sp³-hybridized carbons (Fsp3) is 0.267. The van der Waals surface area contributed by atoms with E-state index in [0.29, 0.717) is 19.0 Å². The van der Waals surface area contributed by atoms with Crippen LogP contribution >= 0.6 is 0 Å². The Kier molecular flexibility index (Phi) is 5.16. The van der Waals surface area contributed by atoms with Crippen LogP contribution in [0, 0.1) is 0 Å². The van der Waals surface area contributed by atoms with Gasteiger partial charge in [0.15, 0.2) is 0 Å². The number of alkyl halides is 3. The van der Waals surface area contributed by atoms with Crippen LogP contribution in [0.2, 0.25) is 0 Å². The van der Waals surface area contributed by atoms with Crippen LogP contribution in [0.1, 0.15) is 11.1 Å². The lowest BCUT2D eigenvalue weighted by molar-refractivity contribution is -0.138. The van der Waals surface area contributed by atoms with E-state index in [4.69, 9.17) is 4.74 Å². The van der Waals surface area contributed by atoms with Crippen LogP contribution in [-0.4, -0.2) is 18.1 Å². The molecule has 0 bridgehead atoms. The highest BCUT2D eigenvalue weighted by molar-refractivity contribution is 5.29. The van der Waals surface area contributed by atoms with Gasteiger partial charge in [0, 0.05) is 25.4 Å². The van der Waals surface area contributed by atoms with Gasteiger partial charge in [-0.2, -0.15) is 13.2 Å². The van der Waals surface area contributed by atoms with Crippen LogP contribution in [0.5, 0.6) is 5.88 Å². The first-order valence-corrected chi connectivity index (χ1v) is 6.47. The van der Waals surface area contributed by atoms with Gasteiger partial charge in [0.25, 0.3) is 0 Å². The molecule has 112 valence electrons. The third-order valence-corrected chi connectivity index (χ3v) is 2.80. The van der Waals surface area contributed by atoms with Gasteiger partial charge in [0.2, 0.25) is 5.88 Å². The van der Waals surface area contributed by atoms with Gasteiger partial charge in [-0.1, -0.05) is 24.3 Å². The monoisotopic (exact) mass is 296 g/mol. The van der Waals surface area contributed by atoms with Crippen LogP contribution in [-0.2, 0) is 12.7 Å². The van der Waals surface area contributed by atoms with Crippen molar-refractivity contribution in [2.75, 3.05) is 13.2 Å². The Balaban J connectivity index is 1.79. The van der Waals surface area contributed by atoms with E-state index in [1.165, 1.54) is 12.1 Å². The molecule has 0 unspecified atom stereocenters. The molecule has 6 heteroatoms. The molecule has 0 aliphatic rings. The zero-order chi connectivity index (χ0) is 15.1. The zero-order valence-corrected chi connectivity index (χ0v) is 11.2. The molecule has 2 aromatic rings. The molecular weight excluding hydrogens is 281 g/mol. The lowest BCUT2D eigenvalue weighted by Gasteiger charge is -2.13. The summed E-state index contributed by atoms with van der Waals surface area (Å²) in [6.45, 7) is 0.912. The number of aromatic nitrogens is 1. The molecule has 0 amide bonds. The summed E-state index contributed by atoms with van der Waals surface area (Å²) in [7, 11) is 0. The van der Waals surface area contributed by atoms with Crippen molar-refractivity contribution in [2.45, 2.75) is 12.7 Å². The van der Waals surface area contributed by atoms with Crippen molar-refractivity contribution >= 4 is 0 Å². The largest absolute Gasteiger partial charge is 0.476 e. The summed E-state index contributed by atoms with van der Waals surface area (Å²) < 4.78 is 43.7. The first kappa shape index (κ1) is 15.3. The van der Waals surface area contributed by atoms with Gasteiger partial charge in [-0.3, -0.25) is 0 Å².